The van der Waals surface area contributed by atoms with Gasteiger partial charge in [0.15, 0.2) is 11.5 Å². The van der Waals surface area contributed by atoms with Crippen LogP contribution in [0.15, 0.2) is 37.3 Å². The molecule has 0 aliphatic carbocycles. The van der Waals surface area contributed by atoms with E-state index in [4.69, 9.17) is 0 Å². The Hall–Kier alpha value is -3.60. The Morgan fingerprint density at radius 3 is 2.59 bits per heavy atom. The molecule has 1 aliphatic rings. The van der Waals surface area contributed by atoms with E-state index in [2.05, 4.69) is 50.8 Å². The van der Waals surface area contributed by atoms with Gasteiger partial charge in [-0.05, 0) is 0 Å². The summed E-state index contributed by atoms with van der Waals surface area (Å²) in [6, 6.07) is 0. The molecule has 0 aromatic carbocycles. The normalized spacial score (nSPS) is 14.6. The molecular weight excluding hydrogens is 346 g/mol. The molecule has 0 bridgehead atoms. The van der Waals surface area contributed by atoms with Crippen molar-refractivity contribution in [3.05, 3.63) is 37.3 Å². The van der Waals surface area contributed by atoms with Gasteiger partial charge in [-0.15, -0.1) is 0 Å². The van der Waals surface area contributed by atoms with Crippen molar-refractivity contribution < 1.29 is 0 Å². The first-order valence-electron chi connectivity index (χ1n) is 8.61. The van der Waals surface area contributed by atoms with Crippen LogP contribution < -0.4 is 15.5 Å². The summed E-state index contributed by atoms with van der Waals surface area (Å²) in [5, 5.41) is 17.6. The van der Waals surface area contributed by atoms with Crippen molar-refractivity contribution in [1.29, 1.82) is 0 Å². The molecule has 27 heavy (non-hydrogen) atoms. The van der Waals surface area contributed by atoms with E-state index in [1.807, 2.05) is 0 Å². The Morgan fingerprint density at radius 1 is 0.963 bits per heavy atom. The van der Waals surface area contributed by atoms with Gasteiger partial charge in [-0.3, -0.25) is 5.10 Å². The van der Waals surface area contributed by atoms with Gasteiger partial charge < -0.3 is 15.5 Å². The van der Waals surface area contributed by atoms with Gasteiger partial charge in [0.25, 0.3) is 0 Å². The fraction of sp³-hybridized carbons (Fsp3) is 0.250. The van der Waals surface area contributed by atoms with Crippen molar-refractivity contribution in [2.24, 2.45) is 0 Å². The summed E-state index contributed by atoms with van der Waals surface area (Å²) in [6.45, 7) is 3.71. The lowest BCUT2D eigenvalue weighted by atomic mass is 10.3. The van der Waals surface area contributed by atoms with Crippen molar-refractivity contribution >= 4 is 23.1 Å². The monoisotopic (exact) mass is 363 g/mol. The average molecular weight is 363 g/mol. The van der Waals surface area contributed by atoms with Crippen LogP contribution in [0.4, 0.5) is 17.5 Å². The molecule has 3 N–H and O–H groups in total. The number of anilines is 3. The van der Waals surface area contributed by atoms with Crippen molar-refractivity contribution in [1.82, 2.24) is 45.1 Å². The summed E-state index contributed by atoms with van der Waals surface area (Å²) < 4.78 is 1.72. The van der Waals surface area contributed by atoms with Crippen molar-refractivity contribution in [3.8, 4) is 11.3 Å². The number of nitrogens with zero attached hydrogens (tertiary/aromatic N) is 8. The third kappa shape index (κ3) is 2.93. The van der Waals surface area contributed by atoms with E-state index >= 15 is 0 Å². The Bertz CT molecular complexity index is 1030. The first kappa shape index (κ1) is 15.6. The maximum Gasteiger partial charge on any atom is 0.225 e. The number of rotatable bonds is 4. The summed E-state index contributed by atoms with van der Waals surface area (Å²) in [6.07, 6.45) is 10.2. The van der Waals surface area contributed by atoms with Crippen LogP contribution in [0.3, 0.4) is 0 Å². The Morgan fingerprint density at radius 2 is 1.81 bits per heavy atom. The Balaban J connectivity index is 1.42. The summed E-state index contributed by atoms with van der Waals surface area (Å²) >= 11 is 0. The molecular formula is C16H17N11. The molecule has 0 saturated carbocycles. The molecule has 5 rings (SSSR count). The number of nitrogens with one attached hydrogen (secondary N) is 3. The Labute approximate surface area is 153 Å². The van der Waals surface area contributed by atoms with E-state index in [1.165, 1.54) is 6.33 Å². The molecule has 11 nitrogen and oxygen atoms in total. The quantitative estimate of drug-likeness (QED) is 0.474. The van der Waals surface area contributed by atoms with E-state index in [0.29, 0.717) is 11.5 Å². The minimum Gasteiger partial charge on any atom is -0.338 e. The molecule has 1 aliphatic heterocycles. The first-order chi connectivity index (χ1) is 13.4. The van der Waals surface area contributed by atoms with Crippen molar-refractivity contribution in [2.45, 2.75) is 0 Å². The molecule has 136 valence electrons. The number of fused-ring (bicyclic) bond motifs is 1. The van der Waals surface area contributed by atoms with E-state index in [0.717, 1.165) is 49.1 Å². The number of piperazine rings is 1. The van der Waals surface area contributed by atoms with Gasteiger partial charge in [-0.2, -0.15) is 10.2 Å². The number of aromatic nitrogens is 8. The second kappa shape index (κ2) is 6.61. The average Bonchev–Trinajstić information content (AvgIpc) is 3.42. The van der Waals surface area contributed by atoms with Gasteiger partial charge in [-0.25, -0.2) is 24.5 Å². The van der Waals surface area contributed by atoms with Gasteiger partial charge in [0.05, 0.1) is 36.2 Å². The van der Waals surface area contributed by atoms with Crippen LogP contribution in [0, 0.1) is 0 Å². The molecule has 0 spiro atoms. The van der Waals surface area contributed by atoms with Crippen LogP contribution in [-0.2, 0) is 0 Å². The minimum absolute atomic E-state index is 0.582. The molecule has 1 saturated heterocycles. The van der Waals surface area contributed by atoms with Gasteiger partial charge in [-0.1, -0.05) is 0 Å². The van der Waals surface area contributed by atoms with Crippen LogP contribution in [0.2, 0.25) is 0 Å². The molecule has 0 unspecified atom stereocenters. The summed E-state index contributed by atoms with van der Waals surface area (Å²) in [7, 11) is 0. The molecule has 1 fully saturated rings. The largest absolute Gasteiger partial charge is 0.338 e. The zero-order valence-corrected chi connectivity index (χ0v) is 14.4. The fourth-order valence-electron chi connectivity index (χ4n) is 3.04. The zero-order valence-electron chi connectivity index (χ0n) is 14.4. The first-order valence-corrected chi connectivity index (χ1v) is 8.61. The second-order valence-electron chi connectivity index (χ2n) is 6.11. The summed E-state index contributed by atoms with van der Waals surface area (Å²) in [5.41, 5.74) is 3.03. The smallest absolute Gasteiger partial charge is 0.225 e. The third-order valence-electron chi connectivity index (χ3n) is 4.40. The molecule has 0 radical (unpaired) electrons. The maximum absolute atomic E-state index is 4.49. The van der Waals surface area contributed by atoms with Gasteiger partial charge in [0.1, 0.15) is 6.33 Å². The van der Waals surface area contributed by atoms with Gasteiger partial charge in [0.2, 0.25) is 5.95 Å². The Kier molecular flexibility index (Phi) is 3.83. The molecule has 0 atom stereocenters. The second-order valence-corrected chi connectivity index (χ2v) is 6.11. The van der Waals surface area contributed by atoms with Gasteiger partial charge >= 0.3 is 0 Å². The lowest BCUT2D eigenvalue weighted by Crippen LogP contribution is -2.44. The highest BCUT2D eigenvalue weighted by Gasteiger charge is 2.14. The highest BCUT2D eigenvalue weighted by Crippen LogP contribution is 2.23. The predicted molar refractivity (Wildman–Crippen MR) is 98.8 cm³/mol. The van der Waals surface area contributed by atoms with Crippen LogP contribution in [-0.4, -0.2) is 65.9 Å². The number of aromatic amines is 1. The molecule has 11 heteroatoms. The number of hydrogen-bond acceptors (Lipinski definition) is 9. The SMILES string of the molecule is c1nc2c(Nc3cnc(N4CCNCC4)nc3)ncc(-c3cn[nH]c3)n2n1. The van der Waals surface area contributed by atoms with E-state index in [9.17, 15) is 0 Å². The van der Waals surface area contributed by atoms with Crippen molar-refractivity contribution in [2.75, 3.05) is 36.4 Å². The number of hydrogen-bond donors (Lipinski definition) is 3. The fourth-order valence-corrected chi connectivity index (χ4v) is 3.04. The number of H-pyrrole nitrogens is 1. The minimum atomic E-state index is 0.582. The summed E-state index contributed by atoms with van der Waals surface area (Å²) in [4.78, 5) is 19.9. The van der Waals surface area contributed by atoms with Crippen LogP contribution in [0.1, 0.15) is 0 Å². The molecule has 5 heterocycles. The van der Waals surface area contributed by atoms with E-state index in [-0.39, 0.29) is 0 Å². The van der Waals surface area contributed by atoms with Crippen LogP contribution >= 0.6 is 0 Å². The highest BCUT2D eigenvalue weighted by molar-refractivity contribution is 5.72. The lowest BCUT2D eigenvalue weighted by molar-refractivity contribution is 0.580. The predicted octanol–water partition coefficient (Wildman–Crippen LogP) is 0.458. The lowest BCUT2D eigenvalue weighted by Gasteiger charge is -2.27. The molecule has 4 aromatic rings. The third-order valence-corrected chi connectivity index (χ3v) is 4.40. The summed E-state index contributed by atoms with van der Waals surface area (Å²) in [5.74, 6) is 1.32. The maximum atomic E-state index is 4.49. The zero-order chi connectivity index (χ0) is 18.1. The van der Waals surface area contributed by atoms with E-state index < -0.39 is 0 Å². The van der Waals surface area contributed by atoms with E-state index in [1.54, 1.807) is 35.5 Å². The molecule has 4 aromatic heterocycles. The van der Waals surface area contributed by atoms with Gasteiger partial charge in [0, 0.05) is 37.9 Å². The highest BCUT2D eigenvalue weighted by atomic mass is 15.3. The van der Waals surface area contributed by atoms with Crippen LogP contribution in [0.5, 0.6) is 0 Å². The topological polar surface area (TPSA) is 125 Å². The van der Waals surface area contributed by atoms with Crippen molar-refractivity contribution in [3.63, 3.8) is 0 Å². The molecule has 0 amide bonds. The standard InChI is InChI=1S/C16H17N11/c1-3-26(4-2-17-1)16-19-7-12(8-20-16)25-14-15-21-10-24-27(15)13(9-18-14)11-5-22-23-6-11/h5-10,17H,1-4H2,(H,18,25)(H,22,23). The van der Waals surface area contributed by atoms with Crippen LogP contribution in [0.25, 0.3) is 16.9 Å².